The van der Waals surface area contributed by atoms with Crippen LogP contribution in [0.2, 0.25) is 0 Å². The number of nitrogens with one attached hydrogen (secondary N) is 1. The summed E-state index contributed by atoms with van der Waals surface area (Å²) in [5, 5.41) is 6.09. The van der Waals surface area contributed by atoms with Crippen molar-refractivity contribution in [2.45, 2.75) is 13.8 Å². The van der Waals surface area contributed by atoms with E-state index < -0.39 is 0 Å². The highest BCUT2D eigenvalue weighted by Gasteiger charge is 2.04. The average molecular weight is 247 g/mol. The maximum Gasteiger partial charge on any atom is 0.0464 e. The van der Waals surface area contributed by atoms with E-state index in [0.717, 1.165) is 11.4 Å². The van der Waals surface area contributed by atoms with Gasteiger partial charge in [-0.3, -0.25) is 0 Å². The molecule has 0 aliphatic carbocycles. The molecule has 19 heavy (non-hydrogen) atoms. The highest BCUT2D eigenvalue weighted by molar-refractivity contribution is 5.97. The summed E-state index contributed by atoms with van der Waals surface area (Å²) >= 11 is 0. The second kappa shape index (κ2) is 4.77. The molecule has 1 heteroatoms. The number of benzene rings is 3. The molecule has 0 saturated heterocycles. The van der Waals surface area contributed by atoms with Crippen LogP contribution in [0.5, 0.6) is 0 Å². The van der Waals surface area contributed by atoms with Gasteiger partial charge in [-0.1, -0.05) is 42.0 Å². The minimum absolute atomic E-state index is 1.12. The Morgan fingerprint density at radius 1 is 0.737 bits per heavy atom. The first-order valence-electron chi connectivity index (χ1n) is 6.56. The van der Waals surface area contributed by atoms with Gasteiger partial charge < -0.3 is 5.32 Å². The van der Waals surface area contributed by atoms with Crippen molar-refractivity contribution in [1.29, 1.82) is 0 Å². The first kappa shape index (κ1) is 11.8. The lowest BCUT2D eigenvalue weighted by atomic mass is 10.0. The lowest BCUT2D eigenvalue weighted by Gasteiger charge is -2.12. The third-order valence-corrected chi connectivity index (χ3v) is 3.44. The number of hydrogen-bond donors (Lipinski definition) is 1. The van der Waals surface area contributed by atoms with Gasteiger partial charge in [0.05, 0.1) is 0 Å². The smallest absolute Gasteiger partial charge is 0.0464 e. The van der Waals surface area contributed by atoms with Crippen LogP contribution in [0.25, 0.3) is 10.8 Å². The van der Waals surface area contributed by atoms with Crippen LogP contribution in [-0.2, 0) is 0 Å². The van der Waals surface area contributed by atoms with Crippen molar-refractivity contribution in [1.82, 2.24) is 0 Å². The highest BCUT2D eigenvalue weighted by atomic mass is 14.9. The first-order valence-corrected chi connectivity index (χ1v) is 6.56. The van der Waals surface area contributed by atoms with Crippen LogP contribution < -0.4 is 5.32 Å². The fraction of sp³-hybridized carbons (Fsp3) is 0.111. The van der Waals surface area contributed by atoms with Crippen molar-refractivity contribution < 1.29 is 0 Å². The number of hydrogen-bond acceptors (Lipinski definition) is 1. The van der Waals surface area contributed by atoms with E-state index in [0.29, 0.717) is 0 Å². The van der Waals surface area contributed by atoms with Gasteiger partial charge >= 0.3 is 0 Å². The molecule has 1 N–H and O–H groups in total. The first-order chi connectivity index (χ1) is 9.24. The zero-order valence-corrected chi connectivity index (χ0v) is 11.3. The minimum atomic E-state index is 1.12. The highest BCUT2D eigenvalue weighted by Crippen LogP contribution is 2.29. The number of rotatable bonds is 2. The van der Waals surface area contributed by atoms with Gasteiger partial charge in [0.15, 0.2) is 0 Å². The second-order valence-corrected chi connectivity index (χ2v) is 4.97. The van der Waals surface area contributed by atoms with E-state index in [4.69, 9.17) is 0 Å². The predicted molar refractivity (Wildman–Crippen MR) is 83.1 cm³/mol. The lowest BCUT2D eigenvalue weighted by molar-refractivity contribution is 1.46. The van der Waals surface area contributed by atoms with Gasteiger partial charge in [-0.15, -0.1) is 0 Å². The molecule has 0 spiro atoms. The molecule has 0 aliphatic heterocycles. The van der Waals surface area contributed by atoms with E-state index in [-0.39, 0.29) is 0 Å². The third-order valence-electron chi connectivity index (χ3n) is 3.44. The summed E-state index contributed by atoms with van der Waals surface area (Å²) in [6.45, 7) is 4.29. The Hall–Kier alpha value is -2.28. The predicted octanol–water partition coefficient (Wildman–Crippen LogP) is 5.20. The molecule has 3 aromatic rings. The molecule has 0 aliphatic rings. The Morgan fingerprint density at radius 3 is 2.32 bits per heavy atom. The van der Waals surface area contributed by atoms with Crippen LogP contribution in [0.4, 0.5) is 11.4 Å². The number of para-hydroxylation sites is 1. The van der Waals surface area contributed by atoms with Crippen molar-refractivity contribution in [3.05, 3.63) is 71.8 Å². The molecule has 1 nitrogen and oxygen atoms in total. The molecule has 94 valence electrons. The van der Waals surface area contributed by atoms with E-state index in [9.17, 15) is 0 Å². The van der Waals surface area contributed by atoms with Crippen molar-refractivity contribution in [3.8, 4) is 0 Å². The molecule has 0 saturated carbocycles. The van der Waals surface area contributed by atoms with Crippen LogP contribution in [0.1, 0.15) is 11.1 Å². The summed E-state index contributed by atoms with van der Waals surface area (Å²) in [7, 11) is 0. The number of fused-ring (bicyclic) bond motifs is 1. The Balaban J connectivity index is 2.13. The topological polar surface area (TPSA) is 12.0 Å². The SMILES string of the molecule is Cc1ccc2c(C)ccc(Nc3ccccc3)c2c1. The molecule has 0 bridgehead atoms. The quantitative estimate of drug-likeness (QED) is 0.656. The zero-order valence-electron chi connectivity index (χ0n) is 11.3. The van der Waals surface area contributed by atoms with Gasteiger partial charge in [0, 0.05) is 16.8 Å². The summed E-state index contributed by atoms with van der Waals surface area (Å²) in [4.78, 5) is 0. The molecule has 0 atom stereocenters. The summed E-state index contributed by atoms with van der Waals surface area (Å²) in [5.74, 6) is 0. The van der Waals surface area contributed by atoms with Crippen LogP contribution in [0, 0.1) is 13.8 Å². The average Bonchev–Trinajstić information content (AvgIpc) is 2.43. The molecule has 0 radical (unpaired) electrons. The van der Waals surface area contributed by atoms with Crippen molar-refractivity contribution in [2.24, 2.45) is 0 Å². The van der Waals surface area contributed by atoms with Gasteiger partial charge in [-0.25, -0.2) is 0 Å². The summed E-state index contributed by atoms with van der Waals surface area (Å²) < 4.78 is 0. The Kier molecular flexibility index (Phi) is 2.96. The van der Waals surface area contributed by atoms with E-state index in [1.807, 2.05) is 18.2 Å². The van der Waals surface area contributed by atoms with E-state index in [1.165, 1.54) is 21.9 Å². The maximum absolute atomic E-state index is 3.50. The van der Waals surface area contributed by atoms with Gasteiger partial charge in [-0.2, -0.15) is 0 Å². The van der Waals surface area contributed by atoms with E-state index in [2.05, 4.69) is 61.6 Å². The molecule has 0 fully saturated rings. The molecule has 0 aromatic heterocycles. The van der Waals surface area contributed by atoms with Crippen LogP contribution in [-0.4, -0.2) is 0 Å². The molecule has 3 aromatic carbocycles. The maximum atomic E-state index is 3.50. The molecule has 0 heterocycles. The molecule has 3 rings (SSSR count). The third kappa shape index (κ3) is 2.32. The number of aryl methyl sites for hydroxylation is 2. The van der Waals surface area contributed by atoms with Crippen molar-refractivity contribution in [2.75, 3.05) is 5.32 Å². The van der Waals surface area contributed by atoms with Gasteiger partial charge in [-0.05, 0) is 49.1 Å². The zero-order chi connectivity index (χ0) is 13.2. The fourth-order valence-electron chi connectivity index (χ4n) is 2.40. The fourth-order valence-corrected chi connectivity index (χ4v) is 2.40. The molecular weight excluding hydrogens is 230 g/mol. The van der Waals surface area contributed by atoms with Crippen LogP contribution in [0.15, 0.2) is 60.7 Å². The number of anilines is 2. The monoisotopic (exact) mass is 247 g/mol. The second-order valence-electron chi connectivity index (χ2n) is 4.97. The standard InChI is InChI=1S/C18H17N/c1-13-8-10-16-14(2)9-11-18(17(16)12-13)19-15-6-4-3-5-7-15/h3-12,19H,1-2H3. The molecule has 0 amide bonds. The molecule has 0 unspecified atom stereocenters. The van der Waals surface area contributed by atoms with Gasteiger partial charge in [0.25, 0.3) is 0 Å². The van der Waals surface area contributed by atoms with Crippen molar-refractivity contribution in [3.63, 3.8) is 0 Å². The van der Waals surface area contributed by atoms with Gasteiger partial charge in [0.1, 0.15) is 0 Å². The van der Waals surface area contributed by atoms with E-state index in [1.54, 1.807) is 0 Å². The molecular formula is C18H17N. The summed E-state index contributed by atoms with van der Waals surface area (Å²) in [6, 6.07) is 21.2. The van der Waals surface area contributed by atoms with Crippen LogP contribution in [0.3, 0.4) is 0 Å². The summed E-state index contributed by atoms with van der Waals surface area (Å²) in [5.41, 5.74) is 4.88. The Labute approximate surface area is 113 Å². The normalized spacial score (nSPS) is 10.6. The van der Waals surface area contributed by atoms with E-state index >= 15 is 0 Å². The van der Waals surface area contributed by atoms with Gasteiger partial charge in [0.2, 0.25) is 0 Å². The van der Waals surface area contributed by atoms with Crippen LogP contribution >= 0.6 is 0 Å². The van der Waals surface area contributed by atoms with Crippen molar-refractivity contribution >= 4 is 22.1 Å². The lowest BCUT2D eigenvalue weighted by Crippen LogP contribution is -1.92. The minimum Gasteiger partial charge on any atom is -0.355 e. The Morgan fingerprint density at radius 2 is 1.53 bits per heavy atom. The Bertz CT molecular complexity index is 714. The largest absolute Gasteiger partial charge is 0.355 e. The summed E-state index contributed by atoms with van der Waals surface area (Å²) in [6.07, 6.45) is 0.